The van der Waals surface area contributed by atoms with Crippen LogP contribution in [0.15, 0.2) is 54.6 Å². The first kappa shape index (κ1) is 21.5. The van der Waals surface area contributed by atoms with Crippen LogP contribution in [0.2, 0.25) is 0 Å². The minimum atomic E-state index is -3.45. The van der Waals surface area contributed by atoms with E-state index in [-0.39, 0.29) is 0 Å². The van der Waals surface area contributed by atoms with Crippen molar-refractivity contribution < 1.29 is 17.6 Å². The van der Waals surface area contributed by atoms with Gasteiger partial charge in [-0.2, -0.15) is 0 Å². The molecule has 2 aromatic rings. The highest BCUT2D eigenvalue weighted by Crippen LogP contribution is 2.28. The lowest BCUT2D eigenvalue weighted by Gasteiger charge is -2.31. The van der Waals surface area contributed by atoms with Gasteiger partial charge in [-0.3, -0.25) is 4.79 Å². The Hall–Kier alpha value is -2.25. The molecule has 7 heteroatoms. The summed E-state index contributed by atoms with van der Waals surface area (Å²) in [6.45, 7) is 2.79. The Balaban J connectivity index is 1.90. The summed E-state index contributed by atoms with van der Waals surface area (Å²) in [5, 5.41) is 0. The van der Waals surface area contributed by atoms with Gasteiger partial charge in [-0.05, 0) is 43.4 Å². The van der Waals surface area contributed by atoms with Gasteiger partial charge in [0.2, 0.25) is 10.0 Å². The van der Waals surface area contributed by atoms with Crippen LogP contribution in [-0.2, 0) is 21.2 Å². The summed E-state index contributed by atoms with van der Waals surface area (Å²) in [6.07, 6.45) is 2.00. The molecular formula is C22H27FN2O3S. The Labute approximate surface area is 172 Å². The van der Waals surface area contributed by atoms with Crippen molar-refractivity contribution in [1.82, 2.24) is 9.62 Å². The van der Waals surface area contributed by atoms with Gasteiger partial charge in [-0.25, -0.2) is 17.5 Å². The molecular weight excluding hydrogens is 391 g/mol. The van der Waals surface area contributed by atoms with Crippen molar-refractivity contribution in [2.45, 2.75) is 44.4 Å². The zero-order chi connectivity index (χ0) is 21.2. The van der Waals surface area contributed by atoms with Gasteiger partial charge in [0.1, 0.15) is 0 Å². The number of nitrogens with zero attached hydrogens (tertiary/aromatic N) is 1. The van der Waals surface area contributed by atoms with Crippen molar-refractivity contribution in [2.24, 2.45) is 0 Å². The summed E-state index contributed by atoms with van der Waals surface area (Å²) in [4.78, 5) is 14.1. The molecule has 29 heavy (non-hydrogen) atoms. The van der Waals surface area contributed by atoms with E-state index in [4.69, 9.17) is 0 Å². The molecule has 3 rings (SSSR count). The quantitative estimate of drug-likeness (QED) is 0.784. The molecule has 1 aliphatic rings. The van der Waals surface area contributed by atoms with Crippen LogP contribution >= 0.6 is 0 Å². The van der Waals surface area contributed by atoms with E-state index in [0.717, 1.165) is 22.9 Å². The number of amides is 1. The Kier molecular flexibility index (Phi) is 6.10. The van der Waals surface area contributed by atoms with Crippen LogP contribution in [-0.4, -0.2) is 49.8 Å². The monoisotopic (exact) mass is 418 g/mol. The number of sulfonamides is 1. The molecule has 2 unspecified atom stereocenters. The van der Waals surface area contributed by atoms with Crippen LogP contribution in [0.25, 0.3) is 11.1 Å². The average molecular weight is 419 g/mol. The second-order valence-corrected chi connectivity index (χ2v) is 9.87. The van der Waals surface area contributed by atoms with E-state index < -0.39 is 33.7 Å². The van der Waals surface area contributed by atoms with Crippen LogP contribution in [0.5, 0.6) is 0 Å². The van der Waals surface area contributed by atoms with Crippen molar-refractivity contribution in [3.63, 3.8) is 0 Å². The maximum absolute atomic E-state index is 14.4. The summed E-state index contributed by atoms with van der Waals surface area (Å²) >= 11 is 0. The maximum atomic E-state index is 14.4. The number of halogens is 1. The van der Waals surface area contributed by atoms with Gasteiger partial charge < -0.3 is 4.90 Å². The minimum Gasteiger partial charge on any atom is -0.335 e. The van der Waals surface area contributed by atoms with Gasteiger partial charge >= 0.3 is 0 Å². The van der Waals surface area contributed by atoms with Crippen LogP contribution in [0.1, 0.15) is 25.8 Å². The second kappa shape index (κ2) is 8.24. The van der Waals surface area contributed by atoms with Crippen molar-refractivity contribution in [2.75, 3.05) is 12.8 Å². The van der Waals surface area contributed by atoms with Gasteiger partial charge in [0.05, 0.1) is 12.3 Å². The fourth-order valence-corrected chi connectivity index (χ4v) is 4.69. The molecule has 1 amide bonds. The molecule has 0 radical (unpaired) electrons. The lowest BCUT2D eigenvalue weighted by molar-refractivity contribution is -0.142. The van der Waals surface area contributed by atoms with Crippen LogP contribution in [0.3, 0.4) is 0 Å². The lowest BCUT2D eigenvalue weighted by atomic mass is 9.96. The number of hydrogen-bond donors (Lipinski definition) is 1. The molecule has 1 saturated heterocycles. The number of benzene rings is 2. The molecule has 1 heterocycles. The molecule has 156 valence electrons. The van der Waals surface area contributed by atoms with Gasteiger partial charge in [0.15, 0.2) is 5.67 Å². The van der Waals surface area contributed by atoms with Crippen LogP contribution < -0.4 is 4.72 Å². The van der Waals surface area contributed by atoms with Crippen molar-refractivity contribution in [1.29, 1.82) is 0 Å². The Morgan fingerprint density at radius 2 is 1.79 bits per heavy atom. The van der Waals surface area contributed by atoms with Gasteiger partial charge in [-0.15, -0.1) is 0 Å². The zero-order valence-electron chi connectivity index (χ0n) is 16.9. The molecule has 2 atom stereocenters. The number of hydrogen-bond acceptors (Lipinski definition) is 3. The number of nitrogens with one attached hydrogen (secondary N) is 1. The van der Waals surface area contributed by atoms with E-state index >= 15 is 0 Å². The molecule has 0 aliphatic carbocycles. The van der Waals surface area contributed by atoms with E-state index in [2.05, 4.69) is 4.72 Å². The topological polar surface area (TPSA) is 66.5 Å². The summed E-state index contributed by atoms with van der Waals surface area (Å²) in [5.74, 6) is -0.612. The molecule has 1 aliphatic heterocycles. The SMILES string of the molecule is CC(C)(F)C(=O)N1CCC(NS(C)(=O)=O)C1Cc1cccc(-c2ccccc2)c1. The van der Waals surface area contributed by atoms with Crippen LogP contribution in [0.4, 0.5) is 4.39 Å². The summed E-state index contributed by atoms with van der Waals surface area (Å²) in [5.41, 5.74) is 1.07. The van der Waals surface area contributed by atoms with E-state index in [1.165, 1.54) is 18.7 Å². The zero-order valence-corrected chi connectivity index (χ0v) is 17.7. The highest BCUT2D eigenvalue weighted by molar-refractivity contribution is 7.88. The fraction of sp³-hybridized carbons (Fsp3) is 0.409. The number of likely N-dealkylation sites (tertiary alicyclic amines) is 1. The van der Waals surface area contributed by atoms with E-state index in [1.54, 1.807) is 0 Å². The largest absolute Gasteiger partial charge is 0.335 e. The smallest absolute Gasteiger partial charge is 0.259 e. The third-order valence-corrected chi connectivity index (χ3v) is 5.89. The lowest BCUT2D eigenvalue weighted by Crippen LogP contribution is -2.51. The molecule has 1 N–H and O–H groups in total. The Morgan fingerprint density at radius 3 is 2.41 bits per heavy atom. The average Bonchev–Trinajstić information content (AvgIpc) is 3.01. The number of carbonyl (C=O) groups excluding carboxylic acids is 1. The number of alkyl halides is 1. The fourth-order valence-electron chi connectivity index (χ4n) is 3.86. The Bertz CT molecular complexity index is 971. The Morgan fingerprint density at radius 1 is 1.14 bits per heavy atom. The first-order valence-electron chi connectivity index (χ1n) is 9.66. The van der Waals surface area contributed by atoms with Crippen molar-refractivity contribution in [3.8, 4) is 11.1 Å². The molecule has 0 aromatic heterocycles. The molecule has 0 bridgehead atoms. The number of carbonyl (C=O) groups is 1. The standard InChI is InChI=1S/C22H27FN2O3S/c1-22(2,23)21(26)25-13-12-19(24-29(3,27)28)20(25)15-16-8-7-11-18(14-16)17-9-5-4-6-10-17/h4-11,14,19-20,24H,12-13,15H2,1-3H3. The van der Waals surface area contributed by atoms with Gasteiger partial charge in [-0.1, -0.05) is 54.6 Å². The van der Waals surface area contributed by atoms with Crippen molar-refractivity contribution >= 4 is 15.9 Å². The minimum absolute atomic E-state index is 0.322. The van der Waals surface area contributed by atoms with E-state index in [1.807, 2.05) is 54.6 Å². The molecule has 5 nitrogen and oxygen atoms in total. The first-order chi connectivity index (χ1) is 13.5. The highest BCUT2D eigenvalue weighted by atomic mass is 32.2. The van der Waals surface area contributed by atoms with Gasteiger partial charge in [0.25, 0.3) is 5.91 Å². The summed E-state index contributed by atoms with van der Waals surface area (Å²) in [7, 11) is -3.45. The van der Waals surface area contributed by atoms with E-state index in [9.17, 15) is 17.6 Å². The third-order valence-electron chi connectivity index (χ3n) is 5.16. The predicted molar refractivity (Wildman–Crippen MR) is 113 cm³/mol. The predicted octanol–water partition coefficient (Wildman–Crippen LogP) is 3.16. The second-order valence-electron chi connectivity index (χ2n) is 8.09. The van der Waals surface area contributed by atoms with Crippen molar-refractivity contribution in [3.05, 3.63) is 60.2 Å². The molecule has 2 aromatic carbocycles. The highest BCUT2D eigenvalue weighted by Gasteiger charge is 2.43. The maximum Gasteiger partial charge on any atom is 0.259 e. The number of rotatable bonds is 6. The van der Waals surface area contributed by atoms with E-state index in [0.29, 0.717) is 19.4 Å². The first-order valence-corrected chi connectivity index (χ1v) is 11.6. The van der Waals surface area contributed by atoms with Gasteiger partial charge in [0, 0.05) is 12.6 Å². The summed E-state index contributed by atoms with van der Waals surface area (Å²) in [6, 6.07) is 17.0. The third kappa shape index (κ3) is 5.42. The molecule has 0 saturated carbocycles. The normalized spacial score (nSPS) is 20.1. The molecule has 0 spiro atoms. The molecule has 1 fully saturated rings. The summed E-state index contributed by atoms with van der Waals surface area (Å²) < 4.78 is 40.6. The van der Waals surface area contributed by atoms with Crippen LogP contribution in [0, 0.1) is 0 Å².